The van der Waals surface area contributed by atoms with E-state index in [9.17, 15) is 4.79 Å². The Kier molecular flexibility index (Phi) is 5.40. The smallest absolute Gasteiger partial charge is 0.238 e. The Balaban J connectivity index is 0.00000147. The molecule has 3 rings (SSSR count). The number of para-hydroxylation sites is 1. The molecule has 2 fully saturated rings. The number of anilines is 1. The molecule has 0 spiro atoms. The first-order valence-corrected chi connectivity index (χ1v) is 7.12. The minimum absolute atomic E-state index is 0. The van der Waals surface area contributed by atoms with Gasteiger partial charge in [-0.2, -0.15) is 0 Å². The molecular formula is C15H22ClN3O. The number of rotatable bonds is 3. The summed E-state index contributed by atoms with van der Waals surface area (Å²) in [5, 5.41) is 6.50. The van der Waals surface area contributed by atoms with Crippen LogP contribution in [0.2, 0.25) is 0 Å². The van der Waals surface area contributed by atoms with Crippen LogP contribution in [0.15, 0.2) is 30.3 Å². The maximum Gasteiger partial charge on any atom is 0.238 e. The van der Waals surface area contributed by atoms with E-state index in [-0.39, 0.29) is 18.3 Å². The Morgan fingerprint density at radius 2 is 2.10 bits per heavy atom. The number of piperidine rings is 1. The average Bonchev–Trinajstić information content (AvgIpc) is 2.87. The molecule has 2 unspecified atom stereocenters. The van der Waals surface area contributed by atoms with Crippen molar-refractivity contribution in [1.82, 2.24) is 10.2 Å². The highest BCUT2D eigenvalue weighted by Gasteiger charge is 2.32. The third-order valence-corrected chi connectivity index (χ3v) is 4.16. The van der Waals surface area contributed by atoms with Crippen molar-refractivity contribution in [3.63, 3.8) is 0 Å². The number of fused-ring (bicyclic) bond motifs is 1. The Morgan fingerprint density at radius 1 is 1.30 bits per heavy atom. The van der Waals surface area contributed by atoms with Gasteiger partial charge in [-0.3, -0.25) is 9.69 Å². The van der Waals surface area contributed by atoms with Crippen LogP contribution in [0.3, 0.4) is 0 Å². The summed E-state index contributed by atoms with van der Waals surface area (Å²) in [5.74, 6) is 0.828. The number of hydrogen-bond donors (Lipinski definition) is 2. The van der Waals surface area contributed by atoms with Gasteiger partial charge in [0.2, 0.25) is 5.91 Å². The maximum absolute atomic E-state index is 12.0. The van der Waals surface area contributed by atoms with Gasteiger partial charge in [-0.25, -0.2) is 0 Å². The number of benzene rings is 1. The van der Waals surface area contributed by atoms with Crippen molar-refractivity contribution in [2.45, 2.75) is 18.9 Å². The highest BCUT2D eigenvalue weighted by molar-refractivity contribution is 5.92. The van der Waals surface area contributed by atoms with E-state index >= 15 is 0 Å². The molecule has 110 valence electrons. The Bertz CT molecular complexity index is 440. The standard InChI is InChI=1S/C15H21N3O.ClH/c19-15(17-13-4-2-1-3-5-13)11-18-9-7-14-12(10-18)6-8-16-14;/h1-5,12,14,16H,6-11H2,(H,17,19);1H. The van der Waals surface area contributed by atoms with E-state index in [2.05, 4.69) is 15.5 Å². The van der Waals surface area contributed by atoms with Crippen LogP contribution in [-0.2, 0) is 4.79 Å². The number of halogens is 1. The number of nitrogens with one attached hydrogen (secondary N) is 2. The van der Waals surface area contributed by atoms with Gasteiger partial charge in [-0.05, 0) is 37.4 Å². The Labute approximate surface area is 126 Å². The van der Waals surface area contributed by atoms with Gasteiger partial charge in [0, 0.05) is 24.8 Å². The van der Waals surface area contributed by atoms with Crippen molar-refractivity contribution >= 4 is 24.0 Å². The van der Waals surface area contributed by atoms with E-state index in [0.29, 0.717) is 12.6 Å². The number of likely N-dealkylation sites (tertiary alicyclic amines) is 1. The van der Waals surface area contributed by atoms with E-state index in [1.54, 1.807) is 0 Å². The molecule has 0 bridgehead atoms. The summed E-state index contributed by atoms with van der Waals surface area (Å²) in [7, 11) is 0. The fourth-order valence-corrected chi connectivity index (χ4v) is 3.19. The van der Waals surface area contributed by atoms with Crippen molar-refractivity contribution in [2.75, 3.05) is 31.5 Å². The number of carbonyl (C=O) groups excluding carboxylic acids is 1. The SMILES string of the molecule is Cl.O=C(CN1CCC2NCCC2C1)Nc1ccccc1. The minimum atomic E-state index is 0. The topological polar surface area (TPSA) is 44.4 Å². The van der Waals surface area contributed by atoms with Gasteiger partial charge in [-0.1, -0.05) is 18.2 Å². The van der Waals surface area contributed by atoms with E-state index < -0.39 is 0 Å². The molecule has 1 aromatic carbocycles. The molecule has 4 nitrogen and oxygen atoms in total. The molecule has 2 heterocycles. The van der Waals surface area contributed by atoms with Crippen LogP contribution in [0, 0.1) is 5.92 Å². The third kappa shape index (κ3) is 3.72. The first kappa shape index (κ1) is 15.3. The van der Waals surface area contributed by atoms with Gasteiger partial charge in [0.05, 0.1) is 6.54 Å². The monoisotopic (exact) mass is 295 g/mol. The van der Waals surface area contributed by atoms with Gasteiger partial charge < -0.3 is 10.6 Å². The summed E-state index contributed by atoms with van der Waals surface area (Å²) in [5.41, 5.74) is 0.880. The molecule has 1 amide bonds. The summed E-state index contributed by atoms with van der Waals surface area (Å²) in [6, 6.07) is 10.4. The Hall–Kier alpha value is -1.10. The number of nitrogens with zero attached hydrogens (tertiary/aromatic N) is 1. The van der Waals surface area contributed by atoms with Crippen LogP contribution in [0.5, 0.6) is 0 Å². The number of carbonyl (C=O) groups is 1. The normalized spacial score (nSPS) is 25.6. The number of hydrogen-bond acceptors (Lipinski definition) is 3. The van der Waals surface area contributed by atoms with E-state index in [1.165, 1.54) is 12.8 Å². The van der Waals surface area contributed by atoms with Crippen molar-refractivity contribution in [1.29, 1.82) is 0 Å². The number of amides is 1. The maximum atomic E-state index is 12.0. The zero-order chi connectivity index (χ0) is 13.1. The summed E-state index contributed by atoms with van der Waals surface area (Å²) in [6.45, 7) is 3.73. The quantitative estimate of drug-likeness (QED) is 0.893. The largest absolute Gasteiger partial charge is 0.325 e. The molecular weight excluding hydrogens is 274 g/mol. The summed E-state index contributed by atoms with van der Waals surface area (Å²) < 4.78 is 0. The van der Waals surface area contributed by atoms with Crippen molar-refractivity contribution in [2.24, 2.45) is 5.92 Å². The molecule has 0 radical (unpaired) electrons. The van der Waals surface area contributed by atoms with Crippen LogP contribution in [0.1, 0.15) is 12.8 Å². The second-order valence-electron chi connectivity index (χ2n) is 5.55. The molecule has 0 aliphatic carbocycles. The molecule has 20 heavy (non-hydrogen) atoms. The lowest BCUT2D eigenvalue weighted by molar-refractivity contribution is -0.117. The van der Waals surface area contributed by atoms with Crippen LogP contribution < -0.4 is 10.6 Å². The Morgan fingerprint density at radius 3 is 2.90 bits per heavy atom. The van der Waals surface area contributed by atoms with E-state index in [4.69, 9.17) is 0 Å². The average molecular weight is 296 g/mol. The van der Waals surface area contributed by atoms with Gasteiger partial charge in [-0.15, -0.1) is 12.4 Å². The lowest BCUT2D eigenvalue weighted by Crippen LogP contribution is -2.46. The molecule has 2 aliphatic rings. The van der Waals surface area contributed by atoms with Gasteiger partial charge >= 0.3 is 0 Å². The predicted molar refractivity (Wildman–Crippen MR) is 83.3 cm³/mol. The lowest BCUT2D eigenvalue weighted by Gasteiger charge is -2.34. The fourth-order valence-electron chi connectivity index (χ4n) is 3.19. The van der Waals surface area contributed by atoms with Gasteiger partial charge in [0.25, 0.3) is 0 Å². The predicted octanol–water partition coefficient (Wildman–Crippen LogP) is 1.73. The molecule has 0 saturated carbocycles. The second-order valence-corrected chi connectivity index (χ2v) is 5.55. The molecule has 2 N–H and O–H groups in total. The van der Waals surface area contributed by atoms with Crippen LogP contribution >= 0.6 is 12.4 Å². The molecule has 2 atom stereocenters. The minimum Gasteiger partial charge on any atom is -0.325 e. The third-order valence-electron chi connectivity index (χ3n) is 4.16. The molecule has 5 heteroatoms. The van der Waals surface area contributed by atoms with Crippen LogP contribution in [-0.4, -0.2) is 43.0 Å². The first-order valence-electron chi connectivity index (χ1n) is 7.12. The molecule has 0 aromatic heterocycles. The van der Waals surface area contributed by atoms with Gasteiger partial charge in [0.15, 0.2) is 0 Å². The van der Waals surface area contributed by atoms with E-state index in [1.807, 2.05) is 30.3 Å². The zero-order valence-corrected chi connectivity index (χ0v) is 12.4. The first-order chi connectivity index (χ1) is 9.31. The van der Waals surface area contributed by atoms with Crippen LogP contribution in [0.4, 0.5) is 5.69 Å². The van der Waals surface area contributed by atoms with Gasteiger partial charge in [0.1, 0.15) is 0 Å². The molecule has 2 saturated heterocycles. The van der Waals surface area contributed by atoms with Crippen LogP contribution in [0.25, 0.3) is 0 Å². The summed E-state index contributed by atoms with van der Waals surface area (Å²) in [4.78, 5) is 14.3. The van der Waals surface area contributed by atoms with Crippen molar-refractivity contribution < 1.29 is 4.79 Å². The highest BCUT2D eigenvalue weighted by Crippen LogP contribution is 2.24. The van der Waals surface area contributed by atoms with Crippen molar-refractivity contribution in [3.05, 3.63) is 30.3 Å². The van der Waals surface area contributed by atoms with E-state index in [0.717, 1.165) is 31.2 Å². The summed E-state index contributed by atoms with van der Waals surface area (Å²) in [6.07, 6.45) is 2.42. The molecule has 1 aromatic rings. The zero-order valence-electron chi connectivity index (χ0n) is 11.5. The summed E-state index contributed by atoms with van der Waals surface area (Å²) >= 11 is 0. The second kappa shape index (κ2) is 7.07. The highest BCUT2D eigenvalue weighted by atomic mass is 35.5. The van der Waals surface area contributed by atoms with Crippen molar-refractivity contribution in [3.8, 4) is 0 Å². The molecule has 2 aliphatic heterocycles. The fraction of sp³-hybridized carbons (Fsp3) is 0.533. The lowest BCUT2D eigenvalue weighted by atomic mass is 9.93.